The van der Waals surface area contributed by atoms with Gasteiger partial charge in [-0.05, 0) is 83.0 Å². The van der Waals surface area contributed by atoms with Crippen LogP contribution in [0.2, 0.25) is 0 Å². The third-order valence-corrected chi connectivity index (χ3v) is 8.74. The number of fused-ring (bicyclic) bond motifs is 2. The third-order valence-electron chi connectivity index (χ3n) is 8.74. The molecule has 0 saturated heterocycles. The van der Waals surface area contributed by atoms with Crippen molar-refractivity contribution in [1.29, 1.82) is 0 Å². The van der Waals surface area contributed by atoms with Crippen molar-refractivity contribution in [3.8, 4) is 5.75 Å². The number of hydrogen-bond donors (Lipinski definition) is 4. The van der Waals surface area contributed by atoms with Crippen molar-refractivity contribution in [2.45, 2.75) is 74.1 Å². The molecule has 0 fully saturated rings. The summed E-state index contributed by atoms with van der Waals surface area (Å²) in [6.07, 6.45) is 1.25. The SMILES string of the molecule is C.CCn1nc(C)cc1C(=O)Nc1nc2cc(C(N)=O)ccc2n1CCCCn1c(NC(=O)c2cc(C)nn2CC)nc2c(OCC(=O)NC)cccc21. The molecule has 6 aromatic rings. The average Bonchev–Trinajstić information content (AvgIpc) is 3.91. The fourth-order valence-electron chi connectivity index (χ4n) is 6.19. The first-order valence-corrected chi connectivity index (χ1v) is 17.4. The normalized spacial score (nSPS) is 11.1. The standard InChI is InChI=1S/C36H42N12O5.CH4/c1-6-47-27(17-21(3)43-47)33(51)41-35-39-24-19-23(32(37)50)13-14-25(24)45(35)15-8-9-16-46-26-11-10-12-29(53-20-30(49)38-5)31(26)40-36(46)42-34(52)28-18-22(4)44-48(28)7-2;/h10-14,17-19H,6-9,15-16,20H2,1-5H3,(H2,37,50)(H,38,49)(H,39,41,51)(H,40,42,52);1H4. The van der Waals surface area contributed by atoms with Crippen LogP contribution in [0, 0.1) is 13.8 Å². The Labute approximate surface area is 311 Å². The molecule has 2 aromatic carbocycles. The number of para-hydroxylation sites is 1. The molecule has 4 amide bonds. The minimum absolute atomic E-state index is 0. The summed E-state index contributed by atoms with van der Waals surface area (Å²) in [6.45, 7) is 9.21. The largest absolute Gasteiger partial charge is 0.481 e. The summed E-state index contributed by atoms with van der Waals surface area (Å²) in [4.78, 5) is 60.3. The highest BCUT2D eigenvalue weighted by atomic mass is 16.5. The molecule has 54 heavy (non-hydrogen) atoms. The minimum atomic E-state index is -0.582. The maximum atomic E-state index is 13.5. The minimum Gasteiger partial charge on any atom is -0.481 e. The Bertz CT molecular complexity index is 2350. The van der Waals surface area contributed by atoms with Crippen molar-refractivity contribution >= 4 is 57.6 Å². The molecule has 0 aliphatic carbocycles. The van der Waals surface area contributed by atoms with Crippen LogP contribution in [0.3, 0.4) is 0 Å². The van der Waals surface area contributed by atoms with Crippen LogP contribution >= 0.6 is 0 Å². The van der Waals surface area contributed by atoms with E-state index < -0.39 is 5.91 Å². The van der Waals surface area contributed by atoms with E-state index >= 15 is 0 Å². The lowest BCUT2D eigenvalue weighted by molar-refractivity contribution is -0.122. The number of anilines is 2. The maximum Gasteiger partial charge on any atom is 0.276 e. The van der Waals surface area contributed by atoms with E-state index in [0.717, 1.165) is 11.4 Å². The number of primary amides is 1. The number of hydrogen-bond acceptors (Lipinski definition) is 9. The fourth-order valence-corrected chi connectivity index (χ4v) is 6.19. The molecule has 17 heteroatoms. The number of nitrogens with zero attached hydrogens (tertiary/aromatic N) is 8. The Morgan fingerprint density at radius 2 is 1.35 bits per heavy atom. The molecule has 4 aromatic heterocycles. The van der Waals surface area contributed by atoms with E-state index in [9.17, 15) is 19.2 Å². The number of nitrogens with one attached hydrogen (secondary N) is 3. The lowest BCUT2D eigenvalue weighted by Crippen LogP contribution is -2.24. The van der Waals surface area contributed by atoms with Gasteiger partial charge in [-0.25, -0.2) is 9.97 Å². The van der Waals surface area contributed by atoms with Crippen LogP contribution in [0.5, 0.6) is 5.75 Å². The lowest BCUT2D eigenvalue weighted by atomic mass is 10.2. The van der Waals surface area contributed by atoms with E-state index in [1.165, 1.54) is 7.05 Å². The first-order valence-electron chi connectivity index (χ1n) is 17.4. The van der Waals surface area contributed by atoms with Gasteiger partial charge < -0.3 is 24.9 Å². The lowest BCUT2D eigenvalue weighted by Gasteiger charge is -2.13. The van der Waals surface area contributed by atoms with Crippen LogP contribution in [0.15, 0.2) is 48.5 Å². The van der Waals surface area contributed by atoms with Crippen LogP contribution < -0.4 is 26.4 Å². The van der Waals surface area contributed by atoms with Crippen LogP contribution in [0.4, 0.5) is 11.9 Å². The van der Waals surface area contributed by atoms with Gasteiger partial charge in [-0.2, -0.15) is 10.2 Å². The topological polar surface area (TPSA) is 211 Å². The second-order valence-corrected chi connectivity index (χ2v) is 12.4. The smallest absolute Gasteiger partial charge is 0.276 e. The summed E-state index contributed by atoms with van der Waals surface area (Å²) < 4.78 is 12.9. The maximum absolute atomic E-state index is 13.5. The van der Waals surface area contributed by atoms with Crippen LogP contribution in [-0.2, 0) is 31.0 Å². The highest BCUT2D eigenvalue weighted by Gasteiger charge is 2.22. The molecule has 0 spiro atoms. The Balaban J connectivity index is 0.00000561. The first-order chi connectivity index (χ1) is 25.5. The molecule has 6 rings (SSSR count). The highest BCUT2D eigenvalue weighted by Crippen LogP contribution is 2.30. The predicted molar refractivity (Wildman–Crippen MR) is 205 cm³/mol. The van der Waals surface area contributed by atoms with Crippen LogP contribution in [-0.4, -0.2) is 75.9 Å². The molecule has 0 aliphatic heterocycles. The van der Waals surface area contributed by atoms with Crippen molar-refractivity contribution in [1.82, 2.24) is 44.0 Å². The van der Waals surface area contributed by atoms with Gasteiger partial charge in [0, 0.05) is 38.8 Å². The molecule has 5 N–H and O–H groups in total. The number of carbonyl (C=O) groups is 4. The summed E-state index contributed by atoms with van der Waals surface area (Å²) in [5, 5.41) is 17.2. The van der Waals surface area contributed by atoms with Crippen molar-refractivity contribution < 1.29 is 23.9 Å². The molecule has 0 bridgehead atoms. The molecule has 0 aliphatic rings. The van der Waals surface area contributed by atoms with E-state index in [4.69, 9.17) is 15.5 Å². The van der Waals surface area contributed by atoms with Gasteiger partial charge in [0.1, 0.15) is 22.7 Å². The van der Waals surface area contributed by atoms with Gasteiger partial charge in [-0.1, -0.05) is 13.5 Å². The van der Waals surface area contributed by atoms with E-state index in [1.54, 1.807) is 51.8 Å². The molecule has 0 radical (unpaired) electrons. The Morgan fingerprint density at radius 3 is 1.91 bits per heavy atom. The summed E-state index contributed by atoms with van der Waals surface area (Å²) in [5.74, 6) is -0.579. The van der Waals surface area contributed by atoms with Crippen molar-refractivity contribution in [2.75, 3.05) is 24.3 Å². The molecular formula is C37H46N12O5. The quantitative estimate of drug-likeness (QED) is 0.111. The van der Waals surface area contributed by atoms with E-state index in [-0.39, 0.29) is 31.8 Å². The number of aromatic nitrogens is 8. The number of ether oxygens (including phenoxy) is 1. The van der Waals surface area contributed by atoms with E-state index in [1.807, 2.05) is 42.9 Å². The van der Waals surface area contributed by atoms with E-state index in [2.05, 4.69) is 31.1 Å². The number of nitrogens with two attached hydrogens (primary N) is 1. The molecule has 0 atom stereocenters. The van der Waals surface area contributed by atoms with Crippen molar-refractivity contribution in [2.24, 2.45) is 5.73 Å². The number of aryl methyl sites for hydroxylation is 6. The number of unbranched alkanes of at least 4 members (excludes halogenated alkanes) is 1. The molecule has 17 nitrogen and oxygen atoms in total. The summed E-state index contributed by atoms with van der Waals surface area (Å²) in [7, 11) is 1.53. The van der Waals surface area contributed by atoms with Gasteiger partial charge in [0.05, 0.1) is 27.9 Å². The van der Waals surface area contributed by atoms with Crippen LogP contribution in [0.1, 0.15) is 76.8 Å². The van der Waals surface area contributed by atoms with Gasteiger partial charge in [0.25, 0.3) is 17.7 Å². The summed E-state index contributed by atoms with van der Waals surface area (Å²) in [6, 6.07) is 13.8. The monoisotopic (exact) mass is 738 g/mol. The molecule has 284 valence electrons. The molecule has 4 heterocycles. The number of benzene rings is 2. The summed E-state index contributed by atoms with van der Waals surface area (Å²) in [5.41, 5.74) is 10.5. The third kappa shape index (κ3) is 7.94. The second kappa shape index (κ2) is 16.4. The van der Waals surface area contributed by atoms with Gasteiger partial charge in [0.2, 0.25) is 17.8 Å². The zero-order valence-electron chi connectivity index (χ0n) is 30.3. The first kappa shape index (κ1) is 38.7. The highest BCUT2D eigenvalue weighted by molar-refractivity contribution is 6.04. The molecule has 0 unspecified atom stereocenters. The zero-order chi connectivity index (χ0) is 37.8. The number of imidazole rings is 2. The summed E-state index contributed by atoms with van der Waals surface area (Å²) >= 11 is 0. The van der Waals surface area contributed by atoms with Gasteiger partial charge >= 0.3 is 0 Å². The number of likely N-dealkylation sites (N-methyl/N-ethyl adjacent to an activating group) is 1. The Kier molecular flexibility index (Phi) is 11.8. The average molecular weight is 739 g/mol. The van der Waals surface area contributed by atoms with Crippen molar-refractivity contribution in [3.05, 3.63) is 76.9 Å². The van der Waals surface area contributed by atoms with Gasteiger partial charge in [-0.3, -0.25) is 39.2 Å². The Hall–Kier alpha value is -6.52. The predicted octanol–water partition coefficient (Wildman–Crippen LogP) is 4.28. The van der Waals surface area contributed by atoms with E-state index in [0.29, 0.717) is 95.7 Å². The van der Waals surface area contributed by atoms with Crippen molar-refractivity contribution in [3.63, 3.8) is 0 Å². The molecule has 0 saturated carbocycles. The number of rotatable bonds is 15. The fraction of sp³-hybridized carbons (Fsp3) is 0.351. The second-order valence-electron chi connectivity index (χ2n) is 12.4. The van der Waals surface area contributed by atoms with Crippen LogP contribution in [0.25, 0.3) is 22.1 Å². The van der Waals surface area contributed by atoms with Gasteiger partial charge in [0.15, 0.2) is 6.61 Å². The number of carbonyl (C=O) groups excluding carboxylic acids is 4. The van der Waals surface area contributed by atoms with Gasteiger partial charge in [-0.15, -0.1) is 0 Å². The zero-order valence-corrected chi connectivity index (χ0v) is 30.3. The Morgan fingerprint density at radius 1 is 0.778 bits per heavy atom. The molecular weight excluding hydrogens is 692 g/mol. The number of amides is 4.